The number of aromatic nitrogens is 2. The minimum absolute atomic E-state index is 0.663. The van der Waals surface area contributed by atoms with E-state index in [-0.39, 0.29) is 0 Å². The molecule has 7 heteroatoms. The summed E-state index contributed by atoms with van der Waals surface area (Å²) < 4.78 is 16.3. The number of ether oxygens (including phenoxy) is 2. The number of methoxy groups -OCH3 is 2. The third-order valence-corrected chi connectivity index (χ3v) is 16.9. The zero-order valence-corrected chi connectivity index (χ0v) is 42.5. The zero-order chi connectivity index (χ0) is 49.7. The Morgan fingerprint density at radius 1 is 0.365 bits per heavy atom. The van der Waals surface area contributed by atoms with Crippen molar-refractivity contribution in [1.29, 1.82) is 0 Å². The summed E-state index contributed by atoms with van der Waals surface area (Å²) in [6, 6.07) is 81.0. The first-order valence-electron chi connectivity index (χ1n) is 25.6. The Labute approximate surface area is 435 Å². The van der Waals surface area contributed by atoms with Gasteiger partial charge >= 0.3 is 0 Å². The molecule has 0 bridgehead atoms. The minimum atomic E-state index is -0.663. The highest BCUT2D eigenvalue weighted by Crippen LogP contribution is 2.63. The summed E-state index contributed by atoms with van der Waals surface area (Å²) in [7, 11) is 3.46. The fourth-order valence-electron chi connectivity index (χ4n) is 12.5. The first-order valence-corrected chi connectivity index (χ1v) is 26.4. The molecule has 74 heavy (non-hydrogen) atoms. The minimum Gasteiger partial charge on any atom is -0.497 e. The van der Waals surface area contributed by atoms with E-state index in [0.717, 1.165) is 58.7 Å². The molecule has 1 aliphatic carbocycles. The first-order chi connectivity index (χ1) is 36.5. The van der Waals surface area contributed by atoms with E-state index >= 15 is 0 Å². The Hall–Kier alpha value is -8.65. The molecule has 0 saturated heterocycles. The number of hydrogen-bond acceptors (Lipinski definition) is 5. The van der Waals surface area contributed by atoms with Gasteiger partial charge in [0.05, 0.1) is 30.7 Å². The summed E-state index contributed by atoms with van der Waals surface area (Å²) in [6.07, 6.45) is 0. The average molecular weight is 977 g/mol. The lowest BCUT2D eigenvalue weighted by atomic mass is 9.67. The zero-order valence-electron chi connectivity index (χ0n) is 41.7. The summed E-state index contributed by atoms with van der Waals surface area (Å²) in [6.45, 7) is 6.20. The second-order valence-electron chi connectivity index (χ2n) is 19.3. The van der Waals surface area contributed by atoms with E-state index in [4.69, 9.17) is 9.47 Å². The largest absolute Gasteiger partial charge is 0.497 e. The van der Waals surface area contributed by atoms with Crippen LogP contribution in [0.3, 0.4) is 0 Å². The number of aryl methyl sites for hydroxylation is 2. The molecule has 12 aromatic rings. The molecule has 0 N–H and O–H groups in total. The van der Waals surface area contributed by atoms with E-state index in [0.29, 0.717) is 0 Å². The maximum Gasteiger partial charge on any atom is 0.119 e. The van der Waals surface area contributed by atoms with Crippen molar-refractivity contribution in [3.05, 3.63) is 241 Å². The number of nitrogens with zero attached hydrogens (tertiary/aromatic N) is 4. The highest BCUT2D eigenvalue weighted by Gasteiger charge is 2.51. The first kappa shape index (κ1) is 44.1. The van der Waals surface area contributed by atoms with Crippen LogP contribution in [0.2, 0.25) is 0 Å². The van der Waals surface area contributed by atoms with Gasteiger partial charge in [-0.15, -0.1) is 0 Å². The van der Waals surface area contributed by atoms with E-state index in [1.54, 1.807) is 14.2 Å². The predicted molar refractivity (Wildman–Crippen MR) is 308 cm³/mol. The van der Waals surface area contributed by atoms with E-state index in [2.05, 4.69) is 251 Å². The summed E-state index contributed by atoms with van der Waals surface area (Å²) in [4.78, 5) is 7.36. The van der Waals surface area contributed by atoms with Gasteiger partial charge in [0.15, 0.2) is 0 Å². The van der Waals surface area contributed by atoms with Crippen LogP contribution in [-0.4, -0.2) is 23.4 Å². The van der Waals surface area contributed by atoms with Gasteiger partial charge in [-0.2, -0.15) is 0 Å². The number of benzene rings is 10. The number of anilines is 6. The highest BCUT2D eigenvalue weighted by atomic mass is 32.2. The van der Waals surface area contributed by atoms with Crippen molar-refractivity contribution in [2.24, 2.45) is 0 Å². The molecular weight excluding hydrogens is 925 g/mol. The Morgan fingerprint density at radius 3 is 1.16 bits per heavy atom. The van der Waals surface area contributed by atoms with Crippen LogP contribution in [-0.2, 0) is 18.5 Å². The van der Waals surface area contributed by atoms with Crippen molar-refractivity contribution in [3.8, 4) is 22.6 Å². The van der Waals surface area contributed by atoms with Crippen molar-refractivity contribution < 1.29 is 9.47 Å². The third-order valence-electron chi connectivity index (χ3n) is 15.7. The number of hydrogen-bond donors (Lipinski definition) is 0. The van der Waals surface area contributed by atoms with Crippen molar-refractivity contribution in [1.82, 2.24) is 9.13 Å². The number of fused-ring (bicyclic) bond motifs is 15. The Kier molecular flexibility index (Phi) is 10.3. The molecule has 0 fully saturated rings. The molecular formula is C67H52N4O2S. The summed E-state index contributed by atoms with van der Waals surface area (Å²) >= 11 is 1.87. The van der Waals surface area contributed by atoms with Gasteiger partial charge in [0, 0.05) is 89.6 Å². The van der Waals surface area contributed by atoms with Crippen LogP contribution in [0.5, 0.6) is 11.5 Å². The van der Waals surface area contributed by atoms with Crippen molar-refractivity contribution in [3.63, 3.8) is 0 Å². The number of rotatable bonds is 10. The summed E-state index contributed by atoms with van der Waals surface area (Å²) in [5, 5.41) is 5.05. The van der Waals surface area contributed by atoms with Crippen LogP contribution in [0.25, 0.3) is 54.7 Å². The third kappa shape index (κ3) is 6.45. The standard InChI is InChI=1S/C67H52N4O2S/c1-5-68-61-19-11-7-15-53(61)55-37-29-47(41-63(55)68)70(43-23-31-49(72-3)32-24-43)45-27-35-51-52-36-28-46(40-60(52)67(59(51)39-45)57-17-9-13-21-65(57)74-66-22-14-10-18-58(66)67)71(44-25-33-50(73-4)34-26-44)48-30-38-56-54-16-8-12-20-62(54)69(6-2)64(56)42-48/h7-42H,5-6H2,1-4H3. The van der Waals surface area contributed by atoms with Crippen molar-refractivity contribution >= 4 is 89.5 Å². The molecule has 0 atom stereocenters. The second kappa shape index (κ2) is 17.3. The van der Waals surface area contributed by atoms with Crippen LogP contribution >= 0.6 is 11.8 Å². The molecule has 0 amide bonds. The molecule has 6 nitrogen and oxygen atoms in total. The Morgan fingerprint density at radius 2 is 0.730 bits per heavy atom. The van der Waals surface area contributed by atoms with Gasteiger partial charge in [0.25, 0.3) is 0 Å². The highest BCUT2D eigenvalue weighted by molar-refractivity contribution is 7.99. The van der Waals surface area contributed by atoms with Crippen molar-refractivity contribution in [2.45, 2.75) is 42.1 Å². The Balaban J connectivity index is 1.02. The van der Waals surface area contributed by atoms with Crippen LogP contribution in [0.1, 0.15) is 36.1 Å². The van der Waals surface area contributed by atoms with E-state index in [1.807, 2.05) is 11.8 Å². The quantitative estimate of drug-likeness (QED) is 0.136. The number of para-hydroxylation sites is 2. The lowest BCUT2D eigenvalue weighted by Gasteiger charge is -2.40. The van der Waals surface area contributed by atoms with E-state index < -0.39 is 5.41 Å². The lowest BCUT2D eigenvalue weighted by molar-refractivity contribution is 0.414. The Bertz CT molecular complexity index is 3920. The van der Waals surface area contributed by atoms with Crippen LogP contribution in [0, 0.1) is 0 Å². The molecule has 14 rings (SSSR count). The van der Waals surface area contributed by atoms with E-state index in [1.165, 1.54) is 86.8 Å². The van der Waals surface area contributed by atoms with Crippen LogP contribution in [0.15, 0.2) is 228 Å². The smallest absolute Gasteiger partial charge is 0.119 e. The summed E-state index contributed by atoms with van der Waals surface area (Å²) in [5.41, 5.74) is 18.2. The monoisotopic (exact) mass is 976 g/mol. The van der Waals surface area contributed by atoms with Gasteiger partial charge < -0.3 is 28.4 Å². The maximum atomic E-state index is 5.72. The topological polar surface area (TPSA) is 34.8 Å². The van der Waals surface area contributed by atoms with Crippen molar-refractivity contribution in [2.75, 3.05) is 24.0 Å². The molecule has 0 radical (unpaired) electrons. The molecule has 1 spiro atoms. The fraction of sp³-hybridized carbons (Fsp3) is 0.104. The molecule has 358 valence electrons. The summed E-state index contributed by atoms with van der Waals surface area (Å²) in [5.74, 6) is 1.64. The molecule has 2 aromatic heterocycles. The van der Waals surface area contributed by atoms with Crippen LogP contribution < -0.4 is 19.3 Å². The average Bonchev–Trinajstić information content (AvgIpc) is 4.08. The van der Waals surface area contributed by atoms with Crippen LogP contribution in [0.4, 0.5) is 34.1 Å². The van der Waals surface area contributed by atoms with E-state index in [9.17, 15) is 0 Å². The van der Waals surface area contributed by atoms with Gasteiger partial charge in [-0.1, -0.05) is 109 Å². The van der Waals surface area contributed by atoms with Gasteiger partial charge in [-0.05, 0) is 169 Å². The molecule has 3 heterocycles. The van der Waals surface area contributed by atoms with Gasteiger partial charge in [-0.25, -0.2) is 0 Å². The normalized spacial score (nSPS) is 13.0. The molecule has 2 aliphatic rings. The van der Waals surface area contributed by atoms with Gasteiger partial charge in [-0.3, -0.25) is 0 Å². The molecule has 0 unspecified atom stereocenters. The van der Waals surface area contributed by atoms with Gasteiger partial charge in [0.1, 0.15) is 11.5 Å². The molecule has 10 aromatic carbocycles. The predicted octanol–water partition coefficient (Wildman–Crippen LogP) is 17.7. The van der Waals surface area contributed by atoms with Gasteiger partial charge in [0.2, 0.25) is 0 Å². The SMILES string of the molecule is CCn1c2ccccc2c2ccc(N(c3ccc(OC)cc3)c3ccc4c(c3)C3(c5ccccc5Sc5ccccc53)c3cc(N(c5ccc(OC)cc5)c5ccc6c7ccccc7n(CC)c6c5)ccc3-4)cc21. The lowest BCUT2D eigenvalue weighted by Crippen LogP contribution is -2.32. The molecule has 1 aliphatic heterocycles. The fourth-order valence-corrected chi connectivity index (χ4v) is 13.7. The maximum absolute atomic E-state index is 5.72. The molecule has 0 saturated carbocycles. The second-order valence-corrected chi connectivity index (χ2v) is 20.4.